The molecule has 0 amide bonds. The van der Waals surface area contributed by atoms with E-state index in [0.717, 1.165) is 10.6 Å². The number of benzene rings is 1. The van der Waals surface area contributed by atoms with Crippen LogP contribution in [0.15, 0.2) is 40.9 Å². The van der Waals surface area contributed by atoms with Gasteiger partial charge in [-0.1, -0.05) is 23.4 Å². The lowest BCUT2D eigenvalue weighted by molar-refractivity contribution is -0.0713. The van der Waals surface area contributed by atoms with Crippen LogP contribution < -0.4 is 0 Å². The van der Waals surface area contributed by atoms with Gasteiger partial charge in [-0.05, 0) is 36.9 Å². The molecular weight excluding hydrogens is 301 g/mol. The third-order valence-corrected chi connectivity index (χ3v) is 4.73. The van der Waals surface area contributed by atoms with E-state index in [2.05, 4.69) is 23.5 Å². The Morgan fingerprint density at radius 2 is 2.18 bits per heavy atom. The van der Waals surface area contributed by atoms with Crippen molar-refractivity contribution in [3.63, 3.8) is 0 Å². The molecule has 2 heterocycles. The number of hydrogen-bond donors (Lipinski definition) is 0. The average Bonchev–Trinajstić information content (AvgIpc) is 3.07. The van der Waals surface area contributed by atoms with Crippen LogP contribution in [0.25, 0.3) is 0 Å². The minimum Gasteiger partial charge on any atom is -0.386 e. The Bertz CT molecular complexity index is 697. The van der Waals surface area contributed by atoms with Crippen LogP contribution in [0.2, 0.25) is 0 Å². The average molecular weight is 319 g/mol. The first kappa shape index (κ1) is 15.2. The van der Waals surface area contributed by atoms with Gasteiger partial charge in [0.25, 0.3) is 0 Å². The first-order valence-electron chi connectivity index (χ1n) is 7.18. The van der Waals surface area contributed by atoms with Crippen LogP contribution in [-0.2, 0) is 16.2 Å². The molecule has 5 heteroatoms. The molecule has 0 saturated heterocycles. The molecule has 0 radical (unpaired) electrons. The van der Waals surface area contributed by atoms with Gasteiger partial charge in [-0.25, -0.2) is 4.39 Å². The van der Waals surface area contributed by atoms with E-state index in [-0.39, 0.29) is 12.4 Å². The topological polar surface area (TPSA) is 30.8 Å². The second-order valence-electron chi connectivity index (χ2n) is 5.77. The van der Waals surface area contributed by atoms with Gasteiger partial charge in [0, 0.05) is 12.0 Å². The van der Waals surface area contributed by atoms with Crippen LogP contribution in [0.1, 0.15) is 29.3 Å². The van der Waals surface area contributed by atoms with Crippen molar-refractivity contribution in [2.45, 2.75) is 32.5 Å². The van der Waals surface area contributed by atoms with E-state index in [1.807, 2.05) is 6.92 Å². The zero-order valence-corrected chi connectivity index (χ0v) is 13.5. The molecule has 1 aliphatic heterocycles. The monoisotopic (exact) mass is 319 g/mol. The Morgan fingerprint density at radius 3 is 2.91 bits per heavy atom. The molecule has 0 spiro atoms. The molecule has 0 bridgehead atoms. The number of nitrogens with zero attached hydrogens (tertiary/aromatic N) is 1. The van der Waals surface area contributed by atoms with E-state index >= 15 is 0 Å². The van der Waals surface area contributed by atoms with Crippen LogP contribution in [-0.4, -0.2) is 17.9 Å². The van der Waals surface area contributed by atoms with Crippen molar-refractivity contribution in [1.29, 1.82) is 0 Å². The first-order chi connectivity index (χ1) is 10.6. The highest BCUT2D eigenvalue weighted by atomic mass is 32.1. The van der Waals surface area contributed by atoms with Crippen LogP contribution in [0, 0.1) is 12.7 Å². The number of aryl methyl sites for hydroxylation is 1. The molecule has 2 aromatic rings. The Balaban J connectivity index is 1.56. The molecule has 3 nitrogen and oxygen atoms in total. The summed E-state index contributed by atoms with van der Waals surface area (Å²) in [5.41, 5.74) is 2.24. The summed E-state index contributed by atoms with van der Waals surface area (Å²) in [5, 5.41) is 6.26. The molecule has 0 fully saturated rings. The van der Waals surface area contributed by atoms with E-state index in [1.165, 1.54) is 11.6 Å². The van der Waals surface area contributed by atoms with E-state index in [0.29, 0.717) is 18.6 Å². The maximum atomic E-state index is 13.5. The zero-order valence-electron chi connectivity index (χ0n) is 12.6. The lowest BCUT2D eigenvalue weighted by Gasteiger charge is -2.21. The maximum absolute atomic E-state index is 13.5. The number of thiophene rings is 1. The van der Waals surface area contributed by atoms with Crippen LogP contribution in [0.5, 0.6) is 0 Å². The second-order valence-corrected chi connectivity index (χ2v) is 6.69. The lowest BCUT2D eigenvalue weighted by Crippen LogP contribution is -2.31. The molecule has 1 aliphatic rings. The minimum absolute atomic E-state index is 0.235. The first-order valence-corrected chi connectivity index (χ1v) is 8.06. The molecule has 22 heavy (non-hydrogen) atoms. The highest BCUT2D eigenvalue weighted by Gasteiger charge is 2.36. The van der Waals surface area contributed by atoms with Crippen LogP contribution in [0.3, 0.4) is 0 Å². The zero-order chi connectivity index (χ0) is 15.6. The number of hydrogen-bond acceptors (Lipinski definition) is 4. The minimum atomic E-state index is -0.489. The molecule has 1 aromatic carbocycles. The fourth-order valence-electron chi connectivity index (χ4n) is 2.44. The molecule has 1 atom stereocenters. The number of oxime groups is 1. The van der Waals surface area contributed by atoms with Gasteiger partial charge in [-0.15, -0.1) is 11.3 Å². The van der Waals surface area contributed by atoms with Gasteiger partial charge in [0.2, 0.25) is 0 Å². The summed E-state index contributed by atoms with van der Waals surface area (Å²) in [4.78, 5) is 6.74. The van der Waals surface area contributed by atoms with Crippen LogP contribution >= 0.6 is 11.3 Å². The predicted octanol–water partition coefficient (Wildman–Crippen LogP) is 4.30. The summed E-state index contributed by atoms with van der Waals surface area (Å²) in [6, 6.07) is 8.71. The smallest absolute Gasteiger partial charge is 0.163 e. The van der Waals surface area contributed by atoms with Crippen molar-refractivity contribution in [2.24, 2.45) is 5.16 Å². The largest absolute Gasteiger partial charge is 0.386 e. The highest BCUT2D eigenvalue weighted by Crippen LogP contribution is 2.30. The summed E-state index contributed by atoms with van der Waals surface area (Å²) in [6.45, 7) is 4.64. The van der Waals surface area contributed by atoms with E-state index in [4.69, 9.17) is 9.57 Å². The molecule has 0 aliphatic carbocycles. The maximum Gasteiger partial charge on any atom is 0.163 e. The number of rotatable bonds is 5. The molecule has 116 valence electrons. The summed E-state index contributed by atoms with van der Waals surface area (Å²) < 4.78 is 19.2. The third-order valence-electron chi connectivity index (χ3n) is 3.66. The van der Waals surface area contributed by atoms with Crippen molar-refractivity contribution < 1.29 is 14.0 Å². The molecule has 1 aromatic heterocycles. The van der Waals surface area contributed by atoms with Gasteiger partial charge in [0.15, 0.2) is 5.60 Å². The summed E-state index contributed by atoms with van der Waals surface area (Å²) in [6.07, 6.45) is 0.700. The molecule has 3 rings (SSSR count). The quantitative estimate of drug-likeness (QED) is 0.823. The normalized spacial score (nSPS) is 20.8. The van der Waals surface area contributed by atoms with Gasteiger partial charge >= 0.3 is 0 Å². The molecular formula is C17H18FNO2S. The Labute approximate surface area is 133 Å². The van der Waals surface area contributed by atoms with E-state index in [9.17, 15) is 4.39 Å². The standard InChI is InChI=1S/C17H18FNO2S/c1-12-7-8-22-16(12)15-9-17(2,21-19-15)11-20-10-13-5-3-4-6-14(13)18/h3-8H,9-11H2,1-2H3. The Kier molecular flexibility index (Phi) is 4.27. The van der Waals surface area contributed by atoms with Crippen LogP contribution in [0.4, 0.5) is 4.39 Å². The second kappa shape index (κ2) is 6.18. The van der Waals surface area contributed by atoms with Gasteiger partial charge in [0.1, 0.15) is 11.5 Å². The van der Waals surface area contributed by atoms with Crippen molar-refractivity contribution in [1.82, 2.24) is 0 Å². The van der Waals surface area contributed by atoms with Crippen molar-refractivity contribution >= 4 is 17.0 Å². The van der Waals surface area contributed by atoms with E-state index < -0.39 is 5.60 Å². The van der Waals surface area contributed by atoms with E-state index in [1.54, 1.807) is 29.5 Å². The Hall–Kier alpha value is -1.72. The van der Waals surface area contributed by atoms with Crippen molar-refractivity contribution in [2.75, 3.05) is 6.61 Å². The summed E-state index contributed by atoms with van der Waals surface area (Å²) >= 11 is 1.67. The fraction of sp³-hybridized carbons (Fsp3) is 0.353. The summed E-state index contributed by atoms with van der Waals surface area (Å²) in [7, 11) is 0. The predicted molar refractivity (Wildman–Crippen MR) is 85.8 cm³/mol. The molecule has 1 unspecified atom stereocenters. The molecule has 0 saturated carbocycles. The third kappa shape index (κ3) is 3.20. The lowest BCUT2D eigenvalue weighted by atomic mass is 9.99. The fourth-order valence-corrected chi connectivity index (χ4v) is 3.35. The Morgan fingerprint density at radius 1 is 1.36 bits per heavy atom. The van der Waals surface area contributed by atoms with Crippen molar-refractivity contribution in [3.8, 4) is 0 Å². The van der Waals surface area contributed by atoms with Gasteiger partial charge in [0.05, 0.1) is 18.1 Å². The SMILES string of the molecule is Cc1ccsc1C1=NOC(C)(COCc2ccccc2F)C1. The van der Waals surface area contributed by atoms with Gasteiger partial charge in [-0.2, -0.15) is 0 Å². The summed E-state index contributed by atoms with van der Waals surface area (Å²) in [5.74, 6) is -0.244. The van der Waals surface area contributed by atoms with Crippen molar-refractivity contribution in [3.05, 3.63) is 57.5 Å². The number of halogens is 1. The molecule has 0 N–H and O–H groups in total. The number of ether oxygens (including phenoxy) is 1. The van der Waals surface area contributed by atoms with Gasteiger partial charge < -0.3 is 9.57 Å². The van der Waals surface area contributed by atoms with Gasteiger partial charge in [-0.3, -0.25) is 0 Å². The highest BCUT2D eigenvalue weighted by molar-refractivity contribution is 7.12.